The predicted octanol–water partition coefficient (Wildman–Crippen LogP) is -3.74. The second-order valence-corrected chi connectivity index (χ2v) is 9.20. The van der Waals surface area contributed by atoms with E-state index in [1.807, 2.05) is 5.32 Å². The predicted molar refractivity (Wildman–Crippen MR) is 106 cm³/mol. The van der Waals surface area contributed by atoms with Crippen LogP contribution in [0.2, 0.25) is 0 Å². The summed E-state index contributed by atoms with van der Waals surface area (Å²) in [6.45, 7) is 0.167. The molecule has 1 unspecified atom stereocenters. The largest absolute Gasteiger partial charge is 0.475 e. The minimum Gasteiger partial charge on any atom is -0.475 e. The minimum absolute atomic E-state index is 0.122. The number of carboxylic acids is 1. The normalized spacial score (nSPS) is 33.2. The van der Waals surface area contributed by atoms with E-state index in [4.69, 9.17) is 28.4 Å². The quantitative estimate of drug-likeness (QED) is 0.124. The Morgan fingerprint density at radius 1 is 1.08 bits per heavy atom. The summed E-state index contributed by atoms with van der Waals surface area (Å²) in [5.41, 5.74) is 0. The first-order valence-electron chi connectivity index (χ1n) is 9.70. The maximum atomic E-state index is 11.8. The van der Waals surface area contributed by atoms with Gasteiger partial charge in [-0.25, -0.2) is 18.0 Å². The average molecular weight is 569 g/mol. The maximum absolute atomic E-state index is 11.8. The summed E-state index contributed by atoms with van der Waals surface area (Å²) in [6.07, 6.45) is -15.1. The molecule has 208 valence electrons. The Morgan fingerprint density at radius 3 is 2.25 bits per heavy atom. The molecule has 19 nitrogen and oxygen atoms in total. The first-order valence-corrected chi connectivity index (χ1v) is 12.4. The van der Waals surface area contributed by atoms with E-state index in [0.717, 1.165) is 0 Å². The number of amides is 1. The Hall–Kier alpha value is -2.18. The van der Waals surface area contributed by atoms with Crippen LogP contribution in [0.5, 0.6) is 0 Å². The first-order chi connectivity index (χ1) is 16.5. The van der Waals surface area contributed by atoms with Gasteiger partial charge in [-0.15, -0.1) is 0 Å². The molecule has 0 bridgehead atoms. The number of hydrogen-bond donors (Lipinski definition) is 7. The van der Waals surface area contributed by atoms with Gasteiger partial charge in [-0.2, -0.15) is 16.8 Å². The molecule has 0 aliphatic carbocycles. The number of nitrogens with one attached hydrogen (secondary N) is 1. The fourth-order valence-electron chi connectivity index (χ4n) is 3.12. The first kappa shape index (κ1) is 30.0. The topological polar surface area (TPSA) is 291 Å². The van der Waals surface area contributed by atoms with E-state index in [1.54, 1.807) is 0 Å². The Labute approximate surface area is 203 Å². The van der Waals surface area contributed by atoms with Crippen molar-refractivity contribution in [1.82, 2.24) is 5.32 Å². The van der Waals surface area contributed by atoms with Gasteiger partial charge in [0.05, 0.1) is 13.2 Å². The van der Waals surface area contributed by atoms with E-state index in [0.29, 0.717) is 6.08 Å². The van der Waals surface area contributed by atoms with Crippen LogP contribution in [0.1, 0.15) is 6.92 Å². The number of aliphatic hydroxyl groups is 3. The molecular weight excluding hydrogens is 546 g/mol. The third-order valence-electron chi connectivity index (χ3n) is 4.54. The van der Waals surface area contributed by atoms with Gasteiger partial charge in [-0.05, 0) is 13.0 Å². The molecule has 0 radical (unpaired) electrons. The van der Waals surface area contributed by atoms with Crippen molar-refractivity contribution >= 4 is 32.9 Å². The van der Waals surface area contributed by atoms with Gasteiger partial charge in [0.15, 0.2) is 12.4 Å². The van der Waals surface area contributed by atoms with Crippen molar-refractivity contribution in [3.63, 3.8) is 0 Å². The van der Waals surface area contributed by atoms with E-state index in [1.165, 1.54) is 6.92 Å². The van der Waals surface area contributed by atoms with Gasteiger partial charge >= 0.3 is 32.9 Å². The summed E-state index contributed by atoms with van der Waals surface area (Å²) in [5.74, 6) is -2.75. The Bertz CT molecular complexity index is 1040. The third-order valence-corrected chi connectivity index (χ3v) is 5.44. The summed E-state index contributed by atoms with van der Waals surface area (Å²) in [6, 6.07) is -1.75. The van der Waals surface area contributed by atoms with Crippen LogP contribution in [0.15, 0.2) is 11.8 Å². The van der Waals surface area contributed by atoms with Gasteiger partial charge < -0.3 is 44.7 Å². The molecule has 1 amide bonds. The SMILES string of the molecule is CCOC(=O)N[C@H]1C(O)O[C@H](COS(=O)(=O)O)[C@@H](O[C@@H]2OC(C(=O)O)=C[C@H](O)[C@H]2OS(=O)(=O)O)[C@@H]1O. The summed E-state index contributed by atoms with van der Waals surface area (Å²) < 4.78 is 90.6. The fraction of sp³-hybridized carbons (Fsp3) is 0.733. The molecule has 0 aromatic rings. The molecular formula is C15H23NO18S2. The fourth-order valence-corrected chi connectivity index (χ4v) is 3.91. The lowest BCUT2D eigenvalue weighted by Gasteiger charge is -2.44. The highest BCUT2D eigenvalue weighted by Crippen LogP contribution is 2.30. The van der Waals surface area contributed by atoms with E-state index < -0.39 is 94.4 Å². The summed E-state index contributed by atoms with van der Waals surface area (Å²) >= 11 is 0. The molecule has 36 heavy (non-hydrogen) atoms. The number of alkyl carbamates (subject to hydrolysis) is 1. The highest BCUT2D eigenvalue weighted by atomic mass is 32.3. The number of rotatable bonds is 10. The van der Waals surface area contributed by atoms with Crippen LogP contribution >= 0.6 is 0 Å². The van der Waals surface area contributed by atoms with Gasteiger partial charge in [-0.1, -0.05) is 0 Å². The number of carbonyl (C=O) groups excluding carboxylic acids is 1. The maximum Gasteiger partial charge on any atom is 0.407 e. The molecule has 2 aliphatic heterocycles. The van der Waals surface area contributed by atoms with E-state index in [9.17, 15) is 41.7 Å². The number of aliphatic carboxylic acids is 1. The average Bonchev–Trinajstić information content (AvgIpc) is 2.72. The van der Waals surface area contributed by atoms with E-state index >= 15 is 0 Å². The van der Waals surface area contributed by atoms with Gasteiger partial charge in [0.2, 0.25) is 12.0 Å². The lowest BCUT2D eigenvalue weighted by Crippen LogP contribution is -2.66. The van der Waals surface area contributed by atoms with Gasteiger partial charge in [0.25, 0.3) is 0 Å². The molecule has 1 saturated heterocycles. The van der Waals surface area contributed by atoms with Crippen molar-refractivity contribution in [1.29, 1.82) is 0 Å². The van der Waals surface area contributed by atoms with Crippen LogP contribution in [0.3, 0.4) is 0 Å². The standard InChI is InChI=1S/C15H23NO18S2/c1-2-29-15(22)16-8-9(18)11(7(31-13(8)21)4-30-35(23,24)25)33-14-10(34-36(26,27)28)5(17)3-6(32-14)12(19)20/h3,5,7-11,13-14,17-18,21H,2,4H2,1H3,(H,16,22)(H,19,20)(H,23,24,25)(H,26,27,28)/t5-,7+,8+,9+,10+,11+,13?,14-/m0/s1. The summed E-state index contributed by atoms with van der Waals surface area (Å²) in [5, 5.41) is 42.2. The lowest BCUT2D eigenvalue weighted by molar-refractivity contribution is -0.303. The number of hydrogen-bond acceptors (Lipinski definition) is 15. The second kappa shape index (κ2) is 11.9. The molecule has 7 N–H and O–H groups in total. The Morgan fingerprint density at radius 2 is 1.72 bits per heavy atom. The van der Waals surface area contributed by atoms with E-state index in [2.05, 4.69) is 13.1 Å². The number of carbonyl (C=O) groups is 2. The molecule has 0 aromatic carbocycles. The van der Waals surface area contributed by atoms with Crippen LogP contribution in [-0.4, -0.2) is 121 Å². The molecule has 0 spiro atoms. The molecule has 2 rings (SSSR count). The van der Waals surface area contributed by atoms with Crippen molar-refractivity contribution in [2.75, 3.05) is 13.2 Å². The number of carboxylic acid groups (broad SMARTS) is 1. The van der Waals surface area contributed by atoms with Crippen molar-refractivity contribution in [3.05, 3.63) is 11.8 Å². The van der Waals surface area contributed by atoms with Crippen LogP contribution in [-0.2, 0) is 52.9 Å². The highest BCUT2D eigenvalue weighted by molar-refractivity contribution is 7.81. The second-order valence-electron chi connectivity index (χ2n) is 7.06. The zero-order valence-corrected chi connectivity index (χ0v) is 19.6. The van der Waals surface area contributed by atoms with Gasteiger partial charge in [-0.3, -0.25) is 9.11 Å². The number of aliphatic hydroxyl groups excluding tert-OH is 3. The van der Waals surface area contributed by atoms with Crippen LogP contribution in [0, 0.1) is 0 Å². The third kappa shape index (κ3) is 8.45. The van der Waals surface area contributed by atoms with Gasteiger partial charge in [0.1, 0.15) is 30.5 Å². The summed E-state index contributed by atoms with van der Waals surface area (Å²) in [4.78, 5) is 23.1. The Kier molecular flexibility index (Phi) is 9.94. The van der Waals surface area contributed by atoms with Crippen molar-refractivity contribution in [2.45, 2.75) is 56.1 Å². The van der Waals surface area contributed by atoms with Gasteiger partial charge in [0, 0.05) is 0 Å². The molecule has 8 atom stereocenters. The lowest BCUT2D eigenvalue weighted by atomic mass is 9.96. The van der Waals surface area contributed by atoms with Crippen molar-refractivity contribution < 1.29 is 83.3 Å². The summed E-state index contributed by atoms with van der Waals surface area (Å²) in [7, 11) is -10.4. The molecule has 0 aromatic heterocycles. The Balaban J connectivity index is 2.41. The van der Waals surface area contributed by atoms with Crippen LogP contribution < -0.4 is 5.32 Å². The highest BCUT2D eigenvalue weighted by Gasteiger charge is 2.50. The monoisotopic (exact) mass is 569 g/mol. The minimum atomic E-state index is -5.31. The zero-order chi connectivity index (χ0) is 27.4. The zero-order valence-electron chi connectivity index (χ0n) is 18.0. The van der Waals surface area contributed by atoms with Crippen molar-refractivity contribution in [3.8, 4) is 0 Å². The number of ether oxygens (including phenoxy) is 4. The molecule has 1 fully saturated rings. The smallest absolute Gasteiger partial charge is 0.407 e. The van der Waals surface area contributed by atoms with Crippen LogP contribution in [0.25, 0.3) is 0 Å². The molecule has 21 heteroatoms. The van der Waals surface area contributed by atoms with E-state index in [-0.39, 0.29) is 6.61 Å². The van der Waals surface area contributed by atoms with Crippen LogP contribution in [0.4, 0.5) is 4.79 Å². The molecule has 0 saturated carbocycles. The molecule has 2 aliphatic rings. The molecule has 2 heterocycles. The van der Waals surface area contributed by atoms with Crippen molar-refractivity contribution in [2.24, 2.45) is 0 Å².